The molecule has 0 amide bonds. The van der Waals surface area contributed by atoms with Crippen LogP contribution in [0.15, 0.2) is 16.2 Å². The van der Waals surface area contributed by atoms with E-state index in [4.69, 9.17) is 0 Å². The van der Waals surface area contributed by atoms with Crippen molar-refractivity contribution in [2.75, 3.05) is 12.8 Å². The monoisotopic (exact) mass is 234 g/mol. The van der Waals surface area contributed by atoms with Gasteiger partial charge < -0.3 is 0 Å². The quantitative estimate of drug-likeness (QED) is 0.567. The number of nitrogens with zero attached hydrogens (tertiary/aromatic N) is 2. The molecule has 0 aromatic heterocycles. The highest BCUT2D eigenvalue weighted by Gasteiger charge is 2.11. The maximum absolute atomic E-state index is 9.61. The van der Waals surface area contributed by atoms with Gasteiger partial charge in [0, 0.05) is 25.2 Å². The van der Waals surface area contributed by atoms with Crippen molar-refractivity contribution in [2.24, 2.45) is 11.0 Å². The van der Waals surface area contributed by atoms with Crippen molar-refractivity contribution in [2.45, 2.75) is 27.7 Å². The van der Waals surface area contributed by atoms with Gasteiger partial charge in [-0.3, -0.25) is 14.1 Å². The van der Waals surface area contributed by atoms with Gasteiger partial charge in [-0.05, 0) is 19.8 Å². The van der Waals surface area contributed by atoms with Gasteiger partial charge in [0.25, 0.3) is 0 Å². The highest BCUT2D eigenvalue weighted by molar-refractivity contribution is 8.27. The summed E-state index contributed by atoms with van der Waals surface area (Å²) in [6.07, 6.45) is 3.46. The predicted molar refractivity (Wildman–Crippen MR) is 68.2 cm³/mol. The molecule has 0 aliphatic carbocycles. The van der Waals surface area contributed by atoms with Gasteiger partial charge in [-0.15, -0.1) is 0 Å². The lowest BCUT2D eigenvalue weighted by atomic mass is 10.3. The average molecular weight is 234 g/mol. The average Bonchev–Trinajstić information content (AvgIpc) is 2.14. The number of hydrogen-bond acceptors (Lipinski definition) is 4. The Morgan fingerprint density at radius 2 is 2.00 bits per heavy atom. The van der Waals surface area contributed by atoms with E-state index in [2.05, 4.69) is 5.10 Å². The predicted octanol–water partition coefficient (Wildman–Crippen LogP) is 3.19. The molecular formula is C10H22N2O2S. The fraction of sp³-hybridized carbons (Fsp3) is 0.700. The summed E-state index contributed by atoms with van der Waals surface area (Å²) in [4.78, 5) is 0.563. The molecule has 0 rings (SSSR count). The summed E-state index contributed by atoms with van der Waals surface area (Å²) >= 11 is 0. The molecule has 0 saturated carbocycles. The second-order valence-electron chi connectivity index (χ2n) is 3.78. The van der Waals surface area contributed by atoms with Gasteiger partial charge in [-0.2, -0.15) is 15.7 Å². The molecule has 2 N–H and O–H groups in total. The van der Waals surface area contributed by atoms with Crippen molar-refractivity contribution in [3.8, 4) is 0 Å². The summed E-state index contributed by atoms with van der Waals surface area (Å²) in [5.41, 5.74) is 0. The fourth-order valence-corrected chi connectivity index (χ4v) is 1.62. The van der Waals surface area contributed by atoms with Crippen molar-refractivity contribution in [1.29, 1.82) is 0 Å². The van der Waals surface area contributed by atoms with Crippen LogP contribution in [0.3, 0.4) is 0 Å². The van der Waals surface area contributed by atoms with E-state index in [1.165, 1.54) is 0 Å². The van der Waals surface area contributed by atoms with Crippen LogP contribution < -0.4 is 0 Å². The van der Waals surface area contributed by atoms with Crippen LogP contribution in [-0.4, -0.2) is 33.1 Å². The maximum atomic E-state index is 9.61. The van der Waals surface area contributed by atoms with Gasteiger partial charge in [0.1, 0.15) is 0 Å². The summed E-state index contributed by atoms with van der Waals surface area (Å²) < 4.78 is 19.2. The van der Waals surface area contributed by atoms with Crippen LogP contribution in [0.1, 0.15) is 27.7 Å². The fourth-order valence-electron chi connectivity index (χ4n) is 0.847. The molecule has 0 atom stereocenters. The standard InChI is InChI=1S/C10H22N2O2S/c1-6-15(13,14)10(4)8-12(5)11-7-9(2)3/h7-9,13-14H,6H2,1-5H3/b10-8?,11-7+. The van der Waals surface area contributed by atoms with Crippen LogP contribution in [-0.2, 0) is 0 Å². The first-order valence-corrected chi connectivity index (χ1v) is 6.72. The van der Waals surface area contributed by atoms with Crippen molar-refractivity contribution >= 4 is 16.8 Å². The summed E-state index contributed by atoms with van der Waals surface area (Å²) in [6, 6.07) is 0. The third kappa shape index (κ3) is 5.81. The van der Waals surface area contributed by atoms with Crippen LogP contribution in [0, 0.1) is 5.92 Å². The Labute approximate surface area is 94.0 Å². The second-order valence-corrected chi connectivity index (χ2v) is 6.33. The molecule has 0 saturated heterocycles. The van der Waals surface area contributed by atoms with E-state index in [-0.39, 0.29) is 0 Å². The molecule has 0 aliphatic heterocycles. The van der Waals surface area contributed by atoms with E-state index in [1.54, 1.807) is 32.1 Å². The zero-order valence-electron chi connectivity index (χ0n) is 10.1. The topological polar surface area (TPSA) is 56.1 Å². The smallest absolute Gasteiger partial charge is 0.0505 e. The van der Waals surface area contributed by atoms with Crippen LogP contribution in [0.25, 0.3) is 0 Å². The summed E-state index contributed by atoms with van der Waals surface area (Å²) in [5.74, 6) is 0.726. The molecule has 15 heavy (non-hydrogen) atoms. The minimum absolute atomic E-state index is 0.344. The molecule has 0 unspecified atom stereocenters. The van der Waals surface area contributed by atoms with Gasteiger partial charge in [0.15, 0.2) is 0 Å². The first kappa shape index (κ1) is 14.5. The van der Waals surface area contributed by atoms with Crippen LogP contribution >= 0.6 is 10.6 Å². The van der Waals surface area contributed by atoms with E-state index in [0.717, 1.165) is 0 Å². The molecule has 0 spiro atoms. The Hall–Kier alpha value is -0.520. The molecule has 0 aromatic rings. The van der Waals surface area contributed by atoms with E-state index in [9.17, 15) is 9.11 Å². The molecule has 4 nitrogen and oxygen atoms in total. The summed E-state index contributed by atoms with van der Waals surface area (Å²) in [6.45, 7) is 7.53. The molecule has 0 bridgehead atoms. The molecule has 0 aromatic carbocycles. The van der Waals surface area contributed by atoms with Crippen LogP contribution in [0.2, 0.25) is 0 Å². The van der Waals surface area contributed by atoms with Gasteiger partial charge in [-0.25, -0.2) is 0 Å². The minimum Gasteiger partial charge on any atom is -0.295 e. The van der Waals surface area contributed by atoms with Crippen LogP contribution in [0.4, 0.5) is 0 Å². The Morgan fingerprint density at radius 1 is 1.47 bits per heavy atom. The second kappa shape index (κ2) is 6.15. The molecule has 0 fully saturated rings. The lowest BCUT2D eigenvalue weighted by molar-refractivity contribution is 0.475. The Kier molecular flexibility index (Phi) is 5.93. The summed E-state index contributed by atoms with van der Waals surface area (Å²) in [5, 5.41) is 5.73. The molecule has 90 valence electrons. The normalized spacial score (nSPS) is 15.1. The first-order chi connectivity index (χ1) is 6.79. The van der Waals surface area contributed by atoms with Gasteiger partial charge >= 0.3 is 0 Å². The van der Waals surface area contributed by atoms with E-state index >= 15 is 0 Å². The first-order valence-electron chi connectivity index (χ1n) is 5.01. The third-order valence-electron chi connectivity index (χ3n) is 1.83. The molecule has 5 heteroatoms. The Balaban J connectivity index is 4.48. The number of hydrogen-bond donors (Lipinski definition) is 2. The van der Waals surface area contributed by atoms with E-state index in [1.807, 2.05) is 20.1 Å². The lowest BCUT2D eigenvalue weighted by Crippen LogP contribution is -2.08. The number of hydrazone groups is 1. The minimum atomic E-state index is -2.59. The van der Waals surface area contributed by atoms with Crippen molar-refractivity contribution in [3.63, 3.8) is 0 Å². The van der Waals surface area contributed by atoms with Gasteiger partial charge in [0.05, 0.1) is 4.91 Å². The zero-order valence-corrected chi connectivity index (χ0v) is 11.0. The Morgan fingerprint density at radius 3 is 2.40 bits per heavy atom. The summed E-state index contributed by atoms with van der Waals surface area (Å²) in [7, 11) is -0.815. The number of rotatable bonds is 5. The van der Waals surface area contributed by atoms with Crippen molar-refractivity contribution in [1.82, 2.24) is 5.01 Å². The largest absolute Gasteiger partial charge is 0.295 e. The third-order valence-corrected chi connectivity index (χ3v) is 3.78. The lowest BCUT2D eigenvalue weighted by Gasteiger charge is -2.32. The molecule has 0 radical (unpaired) electrons. The van der Waals surface area contributed by atoms with Gasteiger partial charge in [-0.1, -0.05) is 13.8 Å². The Bertz CT molecular complexity index is 250. The molecule has 0 aliphatic rings. The zero-order chi connectivity index (χ0) is 12.1. The molecule has 0 heterocycles. The maximum Gasteiger partial charge on any atom is 0.0505 e. The van der Waals surface area contributed by atoms with Crippen molar-refractivity contribution in [3.05, 3.63) is 11.1 Å². The number of allylic oxidation sites excluding steroid dienone is 1. The SMILES string of the molecule is CCS(O)(O)C(C)=CN(C)/N=C/C(C)C. The highest BCUT2D eigenvalue weighted by atomic mass is 32.3. The highest BCUT2D eigenvalue weighted by Crippen LogP contribution is 2.46. The van der Waals surface area contributed by atoms with E-state index < -0.39 is 10.6 Å². The van der Waals surface area contributed by atoms with Gasteiger partial charge in [0.2, 0.25) is 0 Å². The van der Waals surface area contributed by atoms with Crippen molar-refractivity contribution < 1.29 is 9.11 Å². The molecular weight excluding hydrogens is 212 g/mol. The van der Waals surface area contributed by atoms with E-state index in [0.29, 0.717) is 16.6 Å². The van der Waals surface area contributed by atoms with Crippen LogP contribution in [0.5, 0.6) is 0 Å².